The highest BCUT2D eigenvalue weighted by Gasteiger charge is 2.15. The van der Waals surface area contributed by atoms with E-state index in [1.165, 1.54) is 37.3 Å². The fourth-order valence-corrected chi connectivity index (χ4v) is 2.24. The predicted molar refractivity (Wildman–Crippen MR) is 90.8 cm³/mol. The van der Waals surface area contributed by atoms with Gasteiger partial charge in [0.2, 0.25) is 0 Å². The molecule has 0 aliphatic carbocycles. The topological polar surface area (TPSA) is 66.9 Å². The lowest BCUT2D eigenvalue weighted by molar-refractivity contribution is 0.102. The Labute approximate surface area is 146 Å². The number of nitrogens with one attached hydrogen (secondary N) is 2. The van der Waals surface area contributed by atoms with Gasteiger partial charge in [-0.05, 0) is 31.2 Å². The molecule has 26 heavy (non-hydrogen) atoms. The second kappa shape index (κ2) is 7.22. The highest BCUT2D eigenvalue weighted by Crippen LogP contribution is 2.23. The van der Waals surface area contributed by atoms with Crippen LogP contribution in [-0.2, 0) is 0 Å². The summed E-state index contributed by atoms with van der Waals surface area (Å²) in [6.45, 7) is 1.52. The first kappa shape index (κ1) is 17.4. The van der Waals surface area contributed by atoms with Crippen molar-refractivity contribution in [2.75, 3.05) is 10.6 Å². The Hall–Kier alpha value is -3.42. The lowest BCUT2D eigenvalue weighted by Gasteiger charge is -2.10. The van der Waals surface area contributed by atoms with E-state index in [4.69, 9.17) is 0 Å². The summed E-state index contributed by atoms with van der Waals surface area (Å²) in [5.41, 5.74) is -0.491. The first-order chi connectivity index (χ1) is 12.4. The van der Waals surface area contributed by atoms with Crippen molar-refractivity contribution in [2.24, 2.45) is 0 Å². The van der Waals surface area contributed by atoms with Crippen LogP contribution in [0.1, 0.15) is 16.3 Å². The van der Waals surface area contributed by atoms with E-state index in [2.05, 4.69) is 20.6 Å². The number of carbonyl (C=O) groups excluding carboxylic acids is 1. The van der Waals surface area contributed by atoms with Gasteiger partial charge in [-0.1, -0.05) is 18.2 Å². The second-order valence-electron chi connectivity index (χ2n) is 5.34. The minimum Gasteiger partial charge on any atom is -0.335 e. The van der Waals surface area contributed by atoms with Crippen LogP contribution in [0.4, 0.5) is 30.4 Å². The molecule has 1 heterocycles. The number of para-hydroxylation sites is 2. The third-order valence-electron chi connectivity index (χ3n) is 3.41. The summed E-state index contributed by atoms with van der Waals surface area (Å²) in [6.07, 6.45) is 0. The maximum Gasteiger partial charge on any atom is 0.274 e. The highest BCUT2D eigenvalue weighted by atomic mass is 19.1. The molecule has 8 heteroatoms. The zero-order valence-electron chi connectivity index (χ0n) is 13.6. The molecule has 0 unspecified atom stereocenters. The van der Waals surface area contributed by atoms with E-state index in [1.807, 2.05) is 0 Å². The summed E-state index contributed by atoms with van der Waals surface area (Å²) in [4.78, 5) is 20.3. The van der Waals surface area contributed by atoms with Crippen LogP contribution in [-0.4, -0.2) is 15.9 Å². The van der Waals surface area contributed by atoms with Crippen molar-refractivity contribution in [3.05, 3.63) is 77.5 Å². The molecule has 0 aliphatic rings. The summed E-state index contributed by atoms with van der Waals surface area (Å²) in [7, 11) is 0. The molecule has 0 saturated heterocycles. The standard InChI is InChI=1S/C18H13F3N4O/c1-10-22-15(18(26)24-14-8-3-2-5-11(14)19)9-16(23-10)25-17-12(20)6-4-7-13(17)21/h2-9H,1H3,(H,24,26)(H,22,23,25). The zero-order chi connectivity index (χ0) is 18.7. The molecule has 0 bridgehead atoms. The minimum atomic E-state index is -0.807. The molecule has 132 valence electrons. The molecule has 0 fully saturated rings. The SMILES string of the molecule is Cc1nc(Nc2c(F)cccc2F)cc(C(=O)Nc2ccccc2F)n1. The Balaban J connectivity index is 1.88. The number of hydrogen-bond acceptors (Lipinski definition) is 4. The largest absolute Gasteiger partial charge is 0.335 e. The van der Waals surface area contributed by atoms with Crippen LogP contribution in [0.5, 0.6) is 0 Å². The highest BCUT2D eigenvalue weighted by molar-refractivity contribution is 6.03. The Morgan fingerprint density at radius 3 is 2.27 bits per heavy atom. The van der Waals surface area contributed by atoms with Crippen LogP contribution < -0.4 is 10.6 Å². The number of nitrogens with zero attached hydrogens (tertiary/aromatic N) is 2. The number of halogens is 3. The van der Waals surface area contributed by atoms with Gasteiger partial charge >= 0.3 is 0 Å². The van der Waals surface area contributed by atoms with Crippen molar-refractivity contribution in [1.29, 1.82) is 0 Å². The fourth-order valence-electron chi connectivity index (χ4n) is 2.24. The van der Waals surface area contributed by atoms with Crippen molar-refractivity contribution in [3.63, 3.8) is 0 Å². The quantitative estimate of drug-likeness (QED) is 0.734. The Kier molecular flexibility index (Phi) is 4.83. The zero-order valence-corrected chi connectivity index (χ0v) is 13.6. The van der Waals surface area contributed by atoms with Gasteiger partial charge in [-0.25, -0.2) is 23.1 Å². The van der Waals surface area contributed by atoms with Crippen molar-refractivity contribution < 1.29 is 18.0 Å². The molecule has 3 aromatic rings. The number of benzene rings is 2. The third kappa shape index (κ3) is 3.80. The number of hydrogen-bond donors (Lipinski definition) is 2. The smallest absolute Gasteiger partial charge is 0.274 e. The van der Waals surface area contributed by atoms with E-state index in [0.717, 1.165) is 12.1 Å². The van der Waals surface area contributed by atoms with Crippen LogP contribution in [0.3, 0.4) is 0 Å². The van der Waals surface area contributed by atoms with E-state index >= 15 is 0 Å². The Bertz CT molecular complexity index is 958. The number of rotatable bonds is 4. The molecule has 0 aliphatic heterocycles. The monoisotopic (exact) mass is 358 g/mol. The van der Waals surface area contributed by atoms with Crippen molar-refractivity contribution in [2.45, 2.75) is 6.92 Å². The summed E-state index contributed by atoms with van der Waals surface area (Å²) in [6, 6.07) is 10.3. The van der Waals surface area contributed by atoms with Crippen LogP contribution in [0, 0.1) is 24.4 Å². The average molecular weight is 358 g/mol. The Morgan fingerprint density at radius 2 is 1.58 bits per heavy atom. The van der Waals surface area contributed by atoms with E-state index < -0.39 is 29.0 Å². The second-order valence-corrected chi connectivity index (χ2v) is 5.34. The number of aryl methyl sites for hydroxylation is 1. The van der Waals surface area contributed by atoms with Gasteiger partial charge in [-0.3, -0.25) is 4.79 Å². The normalized spacial score (nSPS) is 10.5. The molecule has 0 radical (unpaired) electrons. The molecule has 0 spiro atoms. The summed E-state index contributed by atoms with van der Waals surface area (Å²) >= 11 is 0. The van der Waals surface area contributed by atoms with Crippen molar-refractivity contribution >= 4 is 23.1 Å². The first-order valence-corrected chi connectivity index (χ1v) is 7.56. The van der Waals surface area contributed by atoms with Crippen molar-refractivity contribution in [1.82, 2.24) is 9.97 Å². The summed E-state index contributed by atoms with van der Waals surface area (Å²) < 4.78 is 41.2. The summed E-state index contributed by atoms with van der Waals surface area (Å²) in [5, 5.41) is 4.88. The van der Waals surface area contributed by atoms with Gasteiger partial charge in [0.25, 0.3) is 5.91 Å². The number of anilines is 3. The predicted octanol–water partition coefficient (Wildman–Crippen LogP) is 4.20. The fraction of sp³-hybridized carbons (Fsp3) is 0.0556. The minimum absolute atomic E-state index is 0.0107. The lowest BCUT2D eigenvalue weighted by Crippen LogP contribution is -2.16. The van der Waals surface area contributed by atoms with Crippen LogP contribution in [0.15, 0.2) is 48.5 Å². The molecular formula is C18H13F3N4O. The number of amides is 1. The molecule has 1 aromatic heterocycles. The van der Waals surface area contributed by atoms with E-state index in [-0.39, 0.29) is 23.0 Å². The van der Waals surface area contributed by atoms with E-state index in [9.17, 15) is 18.0 Å². The van der Waals surface area contributed by atoms with E-state index in [0.29, 0.717) is 0 Å². The molecule has 2 N–H and O–H groups in total. The van der Waals surface area contributed by atoms with Gasteiger partial charge in [0.15, 0.2) is 0 Å². The lowest BCUT2D eigenvalue weighted by atomic mass is 10.2. The molecule has 0 saturated carbocycles. The maximum atomic E-state index is 13.8. The van der Waals surface area contributed by atoms with Gasteiger partial charge in [-0.15, -0.1) is 0 Å². The third-order valence-corrected chi connectivity index (χ3v) is 3.41. The molecule has 3 rings (SSSR count). The molecule has 2 aromatic carbocycles. The van der Waals surface area contributed by atoms with Crippen LogP contribution in [0.2, 0.25) is 0 Å². The summed E-state index contributed by atoms with van der Waals surface area (Å²) in [5.74, 6) is -2.67. The number of aromatic nitrogens is 2. The van der Waals surface area contributed by atoms with E-state index in [1.54, 1.807) is 6.07 Å². The van der Waals surface area contributed by atoms with Gasteiger partial charge in [-0.2, -0.15) is 0 Å². The van der Waals surface area contributed by atoms with Crippen molar-refractivity contribution in [3.8, 4) is 0 Å². The van der Waals surface area contributed by atoms with Crippen LogP contribution >= 0.6 is 0 Å². The maximum absolute atomic E-state index is 13.8. The first-order valence-electron chi connectivity index (χ1n) is 7.56. The van der Waals surface area contributed by atoms with Gasteiger partial charge in [0.05, 0.1) is 5.69 Å². The average Bonchev–Trinajstić information content (AvgIpc) is 2.60. The van der Waals surface area contributed by atoms with Gasteiger partial charge in [0.1, 0.15) is 40.5 Å². The molecule has 5 nitrogen and oxygen atoms in total. The van der Waals surface area contributed by atoms with Crippen LogP contribution in [0.25, 0.3) is 0 Å². The molecule has 1 amide bonds. The number of carbonyl (C=O) groups is 1. The van der Waals surface area contributed by atoms with Gasteiger partial charge < -0.3 is 10.6 Å². The Morgan fingerprint density at radius 1 is 0.923 bits per heavy atom. The van der Waals surface area contributed by atoms with Gasteiger partial charge in [0, 0.05) is 6.07 Å². The molecular weight excluding hydrogens is 345 g/mol. The molecule has 0 atom stereocenters.